The van der Waals surface area contributed by atoms with Gasteiger partial charge in [-0.05, 0) is 42.6 Å². The van der Waals surface area contributed by atoms with Crippen molar-refractivity contribution in [2.24, 2.45) is 0 Å². The van der Waals surface area contributed by atoms with E-state index in [9.17, 15) is 5.11 Å². The van der Waals surface area contributed by atoms with Crippen LogP contribution in [0.1, 0.15) is 23.1 Å². The first-order valence-corrected chi connectivity index (χ1v) is 8.97. The summed E-state index contributed by atoms with van der Waals surface area (Å²) in [6, 6.07) is 13.4. The highest BCUT2D eigenvalue weighted by molar-refractivity contribution is 7.98. The highest BCUT2D eigenvalue weighted by atomic mass is 35.5. The van der Waals surface area contributed by atoms with Crippen LogP contribution in [0.25, 0.3) is 0 Å². The Morgan fingerprint density at radius 2 is 1.86 bits per heavy atom. The minimum atomic E-state index is -0.617. The molecule has 118 valence electrons. The van der Waals surface area contributed by atoms with E-state index in [4.69, 9.17) is 23.2 Å². The van der Waals surface area contributed by atoms with E-state index in [1.54, 1.807) is 17.8 Å². The number of nitrogens with one attached hydrogen (secondary N) is 1. The molecule has 2 aromatic rings. The van der Waals surface area contributed by atoms with E-state index in [1.807, 2.05) is 49.7 Å². The molecular weight excluding hydrogens is 337 g/mol. The molecule has 0 heterocycles. The maximum Gasteiger partial charge on any atom is 0.0881 e. The highest BCUT2D eigenvalue weighted by Gasteiger charge is 2.24. The lowest BCUT2D eigenvalue weighted by Gasteiger charge is -2.25. The SMILES string of the molecule is CNC[C@H](c1ccc(Cl)c(Cl)c1)[C@H](O)c1ccccc1SC. The second-order valence-electron chi connectivity index (χ2n) is 5.02. The number of likely N-dealkylation sites (N-methyl/N-ethyl adjacent to an activating group) is 1. The third-order valence-electron chi connectivity index (χ3n) is 3.63. The van der Waals surface area contributed by atoms with Gasteiger partial charge in [0.2, 0.25) is 0 Å². The molecule has 0 aromatic heterocycles. The van der Waals surface area contributed by atoms with Crippen LogP contribution in [-0.4, -0.2) is 25.0 Å². The van der Waals surface area contributed by atoms with E-state index in [2.05, 4.69) is 5.32 Å². The van der Waals surface area contributed by atoms with Gasteiger partial charge >= 0.3 is 0 Å². The summed E-state index contributed by atoms with van der Waals surface area (Å²) in [5, 5.41) is 15.1. The smallest absolute Gasteiger partial charge is 0.0881 e. The van der Waals surface area contributed by atoms with Crippen molar-refractivity contribution in [2.75, 3.05) is 19.8 Å². The molecule has 0 radical (unpaired) electrons. The van der Waals surface area contributed by atoms with Crippen LogP contribution in [0.5, 0.6) is 0 Å². The number of hydrogen-bond acceptors (Lipinski definition) is 3. The Labute approximate surface area is 145 Å². The first-order chi connectivity index (χ1) is 10.6. The Hall–Kier alpha value is -0.710. The molecule has 0 amide bonds. The molecular formula is C17H19Cl2NOS. The predicted octanol–water partition coefficient (Wildman–Crippen LogP) is 4.75. The molecule has 0 fully saturated rings. The van der Waals surface area contributed by atoms with Crippen molar-refractivity contribution in [3.8, 4) is 0 Å². The number of halogens is 2. The fraction of sp³-hybridized carbons (Fsp3) is 0.294. The van der Waals surface area contributed by atoms with Crippen LogP contribution in [0.4, 0.5) is 0 Å². The number of benzene rings is 2. The van der Waals surface area contributed by atoms with Crippen LogP contribution in [0.3, 0.4) is 0 Å². The average Bonchev–Trinajstić information content (AvgIpc) is 2.54. The third kappa shape index (κ3) is 3.98. The summed E-state index contributed by atoms with van der Waals surface area (Å²) in [4.78, 5) is 1.08. The normalized spacial score (nSPS) is 13.9. The zero-order valence-electron chi connectivity index (χ0n) is 12.5. The number of aliphatic hydroxyl groups excluding tert-OH is 1. The van der Waals surface area contributed by atoms with Crippen molar-refractivity contribution in [1.82, 2.24) is 5.32 Å². The van der Waals surface area contributed by atoms with E-state index in [-0.39, 0.29) is 5.92 Å². The van der Waals surface area contributed by atoms with Gasteiger partial charge < -0.3 is 10.4 Å². The second-order valence-corrected chi connectivity index (χ2v) is 6.69. The zero-order chi connectivity index (χ0) is 16.1. The Bertz CT molecular complexity index is 636. The Morgan fingerprint density at radius 3 is 2.50 bits per heavy atom. The van der Waals surface area contributed by atoms with Gasteiger partial charge in [0.1, 0.15) is 0 Å². The van der Waals surface area contributed by atoms with Crippen LogP contribution in [0.15, 0.2) is 47.4 Å². The predicted molar refractivity (Wildman–Crippen MR) is 96.3 cm³/mol. The fourth-order valence-corrected chi connectivity index (χ4v) is 3.45. The molecule has 0 spiro atoms. The molecule has 0 unspecified atom stereocenters. The van der Waals surface area contributed by atoms with Gasteiger partial charge in [0.25, 0.3) is 0 Å². The van der Waals surface area contributed by atoms with Crippen molar-refractivity contribution in [1.29, 1.82) is 0 Å². The van der Waals surface area contributed by atoms with Crippen molar-refractivity contribution in [3.05, 3.63) is 63.6 Å². The minimum absolute atomic E-state index is 0.104. The molecule has 0 aliphatic heterocycles. The molecule has 0 aliphatic carbocycles. The van der Waals surface area contributed by atoms with E-state index in [0.717, 1.165) is 16.0 Å². The molecule has 0 bridgehead atoms. The lowest BCUT2D eigenvalue weighted by molar-refractivity contribution is 0.141. The number of aliphatic hydroxyl groups is 1. The van der Waals surface area contributed by atoms with Gasteiger partial charge in [0.05, 0.1) is 16.1 Å². The Morgan fingerprint density at radius 1 is 1.14 bits per heavy atom. The molecule has 2 N–H and O–H groups in total. The van der Waals surface area contributed by atoms with Crippen LogP contribution in [0.2, 0.25) is 10.0 Å². The number of hydrogen-bond donors (Lipinski definition) is 2. The van der Waals surface area contributed by atoms with Crippen molar-refractivity contribution >= 4 is 35.0 Å². The van der Waals surface area contributed by atoms with Gasteiger partial charge in [0.15, 0.2) is 0 Å². The van der Waals surface area contributed by atoms with Crippen molar-refractivity contribution < 1.29 is 5.11 Å². The molecule has 2 rings (SSSR count). The second kappa shape index (κ2) is 8.23. The monoisotopic (exact) mass is 355 g/mol. The molecule has 0 saturated carbocycles. The van der Waals surface area contributed by atoms with E-state index in [1.165, 1.54) is 0 Å². The molecule has 5 heteroatoms. The Balaban J connectivity index is 2.40. The van der Waals surface area contributed by atoms with Gasteiger partial charge in [0, 0.05) is 17.4 Å². The fourth-order valence-electron chi connectivity index (χ4n) is 2.50. The van der Waals surface area contributed by atoms with Crippen LogP contribution >= 0.6 is 35.0 Å². The van der Waals surface area contributed by atoms with Crippen molar-refractivity contribution in [3.63, 3.8) is 0 Å². The summed E-state index contributed by atoms with van der Waals surface area (Å²) in [5.74, 6) is -0.104. The van der Waals surface area contributed by atoms with E-state index >= 15 is 0 Å². The molecule has 2 atom stereocenters. The first-order valence-electron chi connectivity index (χ1n) is 6.99. The van der Waals surface area contributed by atoms with E-state index in [0.29, 0.717) is 16.6 Å². The van der Waals surface area contributed by atoms with Crippen molar-refractivity contribution in [2.45, 2.75) is 16.9 Å². The highest BCUT2D eigenvalue weighted by Crippen LogP contribution is 2.37. The summed E-state index contributed by atoms with van der Waals surface area (Å²) >= 11 is 13.8. The summed E-state index contributed by atoms with van der Waals surface area (Å²) < 4.78 is 0. The first kappa shape index (κ1) is 17.6. The van der Waals surface area contributed by atoms with E-state index < -0.39 is 6.10 Å². The molecule has 2 aromatic carbocycles. The van der Waals surface area contributed by atoms with Crippen LogP contribution < -0.4 is 5.32 Å². The minimum Gasteiger partial charge on any atom is -0.388 e. The van der Waals surface area contributed by atoms with Gasteiger partial charge in [-0.2, -0.15) is 0 Å². The third-order valence-corrected chi connectivity index (χ3v) is 5.19. The largest absolute Gasteiger partial charge is 0.388 e. The summed E-state index contributed by atoms with van der Waals surface area (Å²) in [6.45, 7) is 0.641. The van der Waals surface area contributed by atoms with Crippen LogP contribution in [0, 0.1) is 0 Å². The maximum absolute atomic E-state index is 10.9. The maximum atomic E-state index is 10.9. The van der Waals surface area contributed by atoms with Gasteiger partial charge in [-0.3, -0.25) is 0 Å². The molecule has 2 nitrogen and oxygen atoms in total. The Kier molecular flexibility index (Phi) is 6.60. The van der Waals surface area contributed by atoms with Gasteiger partial charge in [-0.1, -0.05) is 47.5 Å². The standard InChI is InChI=1S/C17H19Cl2NOS/c1-20-10-13(11-7-8-14(18)15(19)9-11)17(21)12-5-3-4-6-16(12)22-2/h3-9,13,17,20-21H,10H2,1-2H3/t13-,17-/m1/s1. The number of thioether (sulfide) groups is 1. The average molecular weight is 356 g/mol. The molecule has 0 saturated heterocycles. The zero-order valence-corrected chi connectivity index (χ0v) is 14.8. The quantitative estimate of drug-likeness (QED) is 0.733. The molecule has 22 heavy (non-hydrogen) atoms. The molecule has 0 aliphatic rings. The summed E-state index contributed by atoms with van der Waals surface area (Å²) in [5.41, 5.74) is 1.90. The summed E-state index contributed by atoms with van der Waals surface area (Å²) in [7, 11) is 1.87. The lowest BCUT2D eigenvalue weighted by Crippen LogP contribution is -2.23. The van der Waals surface area contributed by atoms with Gasteiger partial charge in [-0.15, -0.1) is 11.8 Å². The van der Waals surface area contributed by atoms with Crippen LogP contribution in [-0.2, 0) is 0 Å². The lowest BCUT2D eigenvalue weighted by atomic mass is 9.89. The number of rotatable bonds is 6. The summed E-state index contributed by atoms with van der Waals surface area (Å²) in [6.07, 6.45) is 1.39. The topological polar surface area (TPSA) is 32.3 Å². The van der Waals surface area contributed by atoms with Gasteiger partial charge in [-0.25, -0.2) is 0 Å².